The molecule has 5 heteroatoms. The molecule has 2 rings (SSSR count). The Bertz CT molecular complexity index is 435. The Morgan fingerprint density at radius 3 is 2.82 bits per heavy atom. The minimum absolute atomic E-state index is 0.0869. The van der Waals surface area contributed by atoms with E-state index in [4.69, 9.17) is 16.7 Å². The highest BCUT2D eigenvalue weighted by Crippen LogP contribution is 2.30. The number of carboxylic acids is 1. The van der Waals surface area contributed by atoms with Gasteiger partial charge in [0, 0.05) is 22.1 Å². The van der Waals surface area contributed by atoms with Crippen LogP contribution in [0, 0.1) is 0 Å². The average molecular weight is 319 g/mol. The van der Waals surface area contributed by atoms with E-state index in [-0.39, 0.29) is 6.54 Å². The molecule has 0 spiro atoms. The minimum Gasteiger partial charge on any atom is -0.480 e. The summed E-state index contributed by atoms with van der Waals surface area (Å²) < 4.78 is 0.970. The van der Waals surface area contributed by atoms with Gasteiger partial charge < -0.3 is 5.11 Å². The fourth-order valence-corrected chi connectivity index (χ4v) is 2.38. The van der Waals surface area contributed by atoms with Gasteiger partial charge in [-0.15, -0.1) is 0 Å². The van der Waals surface area contributed by atoms with Gasteiger partial charge in [-0.25, -0.2) is 0 Å². The smallest absolute Gasteiger partial charge is 0.317 e. The van der Waals surface area contributed by atoms with Gasteiger partial charge in [-0.3, -0.25) is 9.69 Å². The molecule has 1 aliphatic rings. The van der Waals surface area contributed by atoms with E-state index in [0.29, 0.717) is 17.6 Å². The lowest BCUT2D eigenvalue weighted by molar-refractivity contribution is -0.138. The van der Waals surface area contributed by atoms with Gasteiger partial charge in [-0.1, -0.05) is 27.5 Å². The van der Waals surface area contributed by atoms with Gasteiger partial charge in [-0.2, -0.15) is 0 Å². The molecule has 0 radical (unpaired) electrons. The summed E-state index contributed by atoms with van der Waals surface area (Å²) in [7, 11) is 0. The Balaban J connectivity index is 2.10. The van der Waals surface area contributed by atoms with Gasteiger partial charge in [0.2, 0.25) is 0 Å². The summed E-state index contributed by atoms with van der Waals surface area (Å²) in [6.07, 6.45) is 2.18. The third-order valence-electron chi connectivity index (χ3n) is 2.78. The van der Waals surface area contributed by atoms with Crippen LogP contribution in [0.15, 0.2) is 22.7 Å². The molecule has 0 atom stereocenters. The molecule has 3 nitrogen and oxygen atoms in total. The Kier molecular flexibility index (Phi) is 4.07. The fraction of sp³-hybridized carbons (Fsp3) is 0.417. The third-order valence-corrected chi connectivity index (χ3v) is 3.79. The summed E-state index contributed by atoms with van der Waals surface area (Å²) in [6, 6.07) is 6.00. The van der Waals surface area contributed by atoms with Crippen LogP contribution in [0.2, 0.25) is 5.02 Å². The number of benzene rings is 1. The second kappa shape index (κ2) is 5.38. The molecular weight excluding hydrogens is 305 g/mol. The predicted molar refractivity (Wildman–Crippen MR) is 70.2 cm³/mol. The summed E-state index contributed by atoms with van der Waals surface area (Å²) in [5.41, 5.74) is 1.03. The van der Waals surface area contributed by atoms with Crippen LogP contribution in [0.25, 0.3) is 0 Å². The van der Waals surface area contributed by atoms with E-state index in [0.717, 1.165) is 22.9 Å². The van der Waals surface area contributed by atoms with E-state index >= 15 is 0 Å². The van der Waals surface area contributed by atoms with Crippen LogP contribution in [0.4, 0.5) is 0 Å². The van der Waals surface area contributed by atoms with Crippen LogP contribution >= 0.6 is 27.5 Å². The zero-order chi connectivity index (χ0) is 12.4. The van der Waals surface area contributed by atoms with Crippen molar-refractivity contribution in [3.8, 4) is 0 Å². The van der Waals surface area contributed by atoms with Crippen molar-refractivity contribution in [2.75, 3.05) is 6.54 Å². The van der Waals surface area contributed by atoms with E-state index in [1.165, 1.54) is 0 Å². The number of carboxylic acid groups (broad SMARTS) is 1. The van der Waals surface area contributed by atoms with Crippen LogP contribution < -0.4 is 0 Å². The summed E-state index contributed by atoms with van der Waals surface area (Å²) >= 11 is 9.41. The minimum atomic E-state index is -0.782. The first-order chi connectivity index (χ1) is 8.06. The molecule has 0 bridgehead atoms. The van der Waals surface area contributed by atoms with Gasteiger partial charge in [-0.05, 0) is 36.6 Å². The Labute approximate surface area is 114 Å². The highest BCUT2D eigenvalue weighted by molar-refractivity contribution is 9.10. The number of hydrogen-bond acceptors (Lipinski definition) is 2. The van der Waals surface area contributed by atoms with Crippen molar-refractivity contribution in [3.63, 3.8) is 0 Å². The van der Waals surface area contributed by atoms with Crippen LogP contribution in [0.5, 0.6) is 0 Å². The molecule has 92 valence electrons. The first-order valence-electron chi connectivity index (χ1n) is 5.46. The van der Waals surface area contributed by atoms with Crippen LogP contribution in [-0.2, 0) is 11.3 Å². The van der Waals surface area contributed by atoms with E-state index in [1.807, 2.05) is 23.1 Å². The Hall–Kier alpha value is -0.580. The summed E-state index contributed by atoms with van der Waals surface area (Å²) in [5.74, 6) is -0.782. The standard InChI is InChI=1S/C12H13BrClNO2/c13-11-4-1-9(14)5-8(11)6-15(7-12(16)17)10-2-3-10/h1,4-5,10H,2-3,6-7H2,(H,16,17). The van der Waals surface area contributed by atoms with E-state index < -0.39 is 5.97 Å². The molecule has 1 aromatic rings. The predicted octanol–water partition coefficient (Wildman–Crippen LogP) is 3.15. The molecule has 1 aliphatic carbocycles. The highest BCUT2D eigenvalue weighted by Gasteiger charge is 2.30. The number of aliphatic carboxylic acids is 1. The highest BCUT2D eigenvalue weighted by atomic mass is 79.9. The number of rotatable bonds is 5. The molecule has 17 heavy (non-hydrogen) atoms. The second-order valence-electron chi connectivity index (χ2n) is 4.27. The van der Waals surface area contributed by atoms with Crippen molar-refractivity contribution >= 4 is 33.5 Å². The summed E-state index contributed by atoms with van der Waals surface area (Å²) in [6.45, 7) is 0.710. The molecule has 1 fully saturated rings. The van der Waals surface area contributed by atoms with Gasteiger partial charge in [0.25, 0.3) is 0 Å². The zero-order valence-corrected chi connectivity index (χ0v) is 11.5. The molecule has 0 unspecified atom stereocenters. The molecule has 0 aliphatic heterocycles. The van der Waals surface area contributed by atoms with E-state index in [1.54, 1.807) is 0 Å². The normalized spacial score (nSPS) is 15.2. The number of carbonyl (C=O) groups is 1. The van der Waals surface area contributed by atoms with Gasteiger partial charge in [0.1, 0.15) is 0 Å². The van der Waals surface area contributed by atoms with Crippen molar-refractivity contribution in [3.05, 3.63) is 33.3 Å². The van der Waals surface area contributed by atoms with Crippen molar-refractivity contribution < 1.29 is 9.90 Å². The maximum atomic E-state index is 10.8. The Morgan fingerprint density at radius 1 is 1.53 bits per heavy atom. The number of hydrogen-bond donors (Lipinski definition) is 1. The molecule has 1 saturated carbocycles. The molecule has 0 amide bonds. The molecule has 0 aromatic heterocycles. The van der Waals surface area contributed by atoms with Crippen LogP contribution in [-0.4, -0.2) is 28.6 Å². The summed E-state index contributed by atoms with van der Waals surface area (Å²) in [5, 5.41) is 9.56. The van der Waals surface area contributed by atoms with E-state index in [2.05, 4.69) is 15.9 Å². The van der Waals surface area contributed by atoms with Crippen molar-refractivity contribution in [1.82, 2.24) is 4.90 Å². The van der Waals surface area contributed by atoms with Crippen molar-refractivity contribution in [1.29, 1.82) is 0 Å². The second-order valence-corrected chi connectivity index (χ2v) is 5.56. The largest absolute Gasteiger partial charge is 0.480 e. The van der Waals surface area contributed by atoms with Gasteiger partial charge >= 0.3 is 5.97 Å². The molecule has 0 heterocycles. The van der Waals surface area contributed by atoms with Gasteiger partial charge in [0.15, 0.2) is 0 Å². The lowest BCUT2D eigenvalue weighted by Gasteiger charge is -2.20. The average Bonchev–Trinajstić information content (AvgIpc) is 3.05. The lowest BCUT2D eigenvalue weighted by atomic mass is 10.2. The number of nitrogens with zero attached hydrogens (tertiary/aromatic N) is 1. The molecular formula is C12H13BrClNO2. The monoisotopic (exact) mass is 317 g/mol. The quantitative estimate of drug-likeness (QED) is 0.906. The zero-order valence-electron chi connectivity index (χ0n) is 9.20. The molecule has 1 aromatic carbocycles. The first kappa shape index (κ1) is 12.9. The first-order valence-corrected chi connectivity index (χ1v) is 6.63. The van der Waals surface area contributed by atoms with Crippen molar-refractivity contribution in [2.45, 2.75) is 25.4 Å². The fourth-order valence-electron chi connectivity index (χ4n) is 1.81. The third kappa shape index (κ3) is 3.69. The summed E-state index contributed by atoms with van der Waals surface area (Å²) in [4.78, 5) is 12.8. The lowest BCUT2D eigenvalue weighted by Crippen LogP contribution is -2.31. The van der Waals surface area contributed by atoms with Crippen LogP contribution in [0.3, 0.4) is 0 Å². The van der Waals surface area contributed by atoms with Crippen LogP contribution in [0.1, 0.15) is 18.4 Å². The number of halogens is 2. The molecule has 1 N–H and O–H groups in total. The van der Waals surface area contributed by atoms with Crippen molar-refractivity contribution in [2.24, 2.45) is 0 Å². The maximum absolute atomic E-state index is 10.8. The van der Waals surface area contributed by atoms with E-state index in [9.17, 15) is 4.79 Å². The molecule has 0 saturated heterocycles. The Morgan fingerprint density at radius 2 is 2.24 bits per heavy atom. The topological polar surface area (TPSA) is 40.5 Å². The maximum Gasteiger partial charge on any atom is 0.317 e. The SMILES string of the molecule is O=C(O)CN(Cc1cc(Cl)ccc1Br)C1CC1. The van der Waals surface area contributed by atoms with Gasteiger partial charge in [0.05, 0.1) is 6.54 Å².